The van der Waals surface area contributed by atoms with Crippen LogP contribution < -0.4 is 4.90 Å². The van der Waals surface area contributed by atoms with E-state index < -0.39 is 0 Å². The van der Waals surface area contributed by atoms with Crippen molar-refractivity contribution in [2.24, 2.45) is 23.7 Å². The van der Waals surface area contributed by atoms with Gasteiger partial charge in [-0.3, -0.25) is 0 Å². The minimum absolute atomic E-state index is 0.0410. The standard InChI is InChI=1S/C50H47N/c1-32-26-34-28-33(2)50(36(27-32)29-34)45-20-12-9-18-41(45)43-25-23-38(31-47(43)50)51(48-21-13-10-16-39(48)35-14-6-5-7-15-35)37-22-24-42-40-17-8-11-19-44(40)49(3,4)46(42)30-37/h5-25,30-34,36H,26-29H2,1-4H3/t32-,33+,34-,36-,50?/m0/s1. The van der Waals surface area contributed by atoms with E-state index in [2.05, 4.69) is 172 Å². The van der Waals surface area contributed by atoms with Crippen LogP contribution in [0.25, 0.3) is 33.4 Å². The van der Waals surface area contributed by atoms with Gasteiger partial charge in [-0.2, -0.15) is 0 Å². The maximum atomic E-state index is 2.63. The predicted octanol–water partition coefficient (Wildman–Crippen LogP) is 13.5. The fourth-order valence-electron chi connectivity index (χ4n) is 11.6. The average Bonchev–Trinajstić information content (AvgIpc) is 3.57. The van der Waals surface area contributed by atoms with Gasteiger partial charge in [-0.1, -0.05) is 137 Å². The van der Waals surface area contributed by atoms with Gasteiger partial charge in [-0.05, 0) is 130 Å². The molecule has 2 fully saturated rings. The Morgan fingerprint density at radius 2 is 1.06 bits per heavy atom. The Morgan fingerprint density at radius 3 is 1.80 bits per heavy atom. The molecule has 1 unspecified atom stereocenters. The van der Waals surface area contributed by atoms with Crippen molar-refractivity contribution >= 4 is 17.1 Å². The van der Waals surface area contributed by atoms with E-state index in [1.807, 2.05) is 0 Å². The molecule has 1 spiro atoms. The number of hydrogen-bond donors (Lipinski definition) is 0. The monoisotopic (exact) mass is 661 g/mol. The van der Waals surface area contributed by atoms with Crippen LogP contribution in [0.15, 0.2) is 140 Å². The lowest BCUT2D eigenvalue weighted by atomic mass is 9.49. The van der Waals surface area contributed by atoms with E-state index in [-0.39, 0.29) is 10.8 Å². The molecule has 2 saturated carbocycles. The van der Waals surface area contributed by atoms with Gasteiger partial charge in [0.1, 0.15) is 0 Å². The van der Waals surface area contributed by atoms with E-state index in [0.29, 0.717) is 11.8 Å². The Hall–Kier alpha value is -4.88. The zero-order chi connectivity index (χ0) is 34.5. The highest BCUT2D eigenvalue weighted by atomic mass is 15.1. The summed E-state index contributed by atoms with van der Waals surface area (Å²) >= 11 is 0. The molecule has 10 rings (SSSR count). The van der Waals surface area contributed by atoms with Gasteiger partial charge in [0.25, 0.3) is 0 Å². The summed E-state index contributed by atoms with van der Waals surface area (Å²) in [5.41, 5.74) is 17.7. The molecule has 1 heteroatoms. The minimum Gasteiger partial charge on any atom is -0.310 e. The van der Waals surface area contributed by atoms with Gasteiger partial charge in [-0.15, -0.1) is 0 Å². The van der Waals surface area contributed by atoms with Crippen molar-refractivity contribution in [1.29, 1.82) is 0 Å². The predicted molar refractivity (Wildman–Crippen MR) is 214 cm³/mol. The largest absolute Gasteiger partial charge is 0.310 e. The smallest absolute Gasteiger partial charge is 0.0540 e. The lowest BCUT2D eigenvalue weighted by Gasteiger charge is -2.54. The van der Waals surface area contributed by atoms with Crippen LogP contribution in [0.3, 0.4) is 0 Å². The Morgan fingerprint density at radius 1 is 0.490 bits per heavy atom. The molecule has 6 aromatic carbocycles. The number of para-hydroxylation sites is 1. The zero-order valence-electron chi connectivity index (χ0n) is 30.4. The normalized spacial score (nSPS) is 24.8. The van der Waals surface area contributed by atoms with Crippen molar-refractivity contribution in [3.05, 3.63) is 162 Å². The fourth-order valence-corrected chi connectivity index (χ4v) is 11.6. The molecule has 1 nitrogen and oxygen atoms in total. The maximum absolute atomic E-state index is 2.63. The summed E-state index contributed by atoms with van der Waals surface area (Å²) < 4.78 is 0. The van der Waals surface area contributed by atoms with Crippen molar-refractivity contribution in [2.45, 2.75) is 64.2 Å². The first-order chi connectivity index (χ1) is 24.9. The van der Waals surface area contributed by atoms with Crippen LogP contribution >= 0.6 is 0 Å². The van der Waals surface area contributed by atoms with Crippen molar-refractivity contribution in [1.82, 2.24) is 0 Å². The molecule has 4 aliphatic rings. The molecule has 51 heavy (non-hydrogen) atoms. The second-order valence-electron chi connectivity index (χ2n) is 16.8. The first kappa shape index (κ1) is 30.9. The number of benzene rings is 6. The summed E-state index contributed by atoms with van der Waals surface area (Å²) in [5, 5.41) is 0. The Balaban J connectivity index is 1.21. The Kier molecular flexibility index (Phi) is 6.85. The molecular weight excluding hydrogens is 615 g/mol. The van der Waals surface area contributed by atoms with E-state index in [1.165, 1.54) is 87.3 Å². The molecule has 0 radical (unpaired) electrons. The SMILES string of the molecule is C[C@H]1C[C@@H]2C[C@H](C1)C1(c3ccccc3-c3ccc(N(c4ccc5c(c4)C(C)(C)c4ccccc4-5)c4ccccc4-c4ccccc4)cc31)[C@H](C)C2. The van der Waals surface area contributed by atoms with Crippen LogP contribution in [-0.2, 0) is 10.8 Å². The molecular formula is C50H47N. The van der Waals surface area contributed by atoms with E-state index in [4.69, 9.17) is 0 Å². The van der Waals surface area contributed by atoms with Crippen molar-refractivity contribution in [2.75, 3.05) is 4.90 Å². The molecule has 0 heterocycles. The molecule has 252 valence electrons. The third-order valence-corrected chi connectivity index (χ3v) is 13.6. The minimum atomic E-state index is -0.0814. The molecule has 5 atom stereocenters. The van der Waals surface area contributed by atoms with Crippen LogP contribution in [0, 0.1) is 23.7 Å². The molecule has 6 aromatic rings. The summed E-state index contributed by atoms with van der Waals surface area (Å²) in [6.45, 7) is 9.87. The molecule has 2 bridgehead atoms. The van der Waals surface area contributed by atoms with E-state index >= 15 is 0 Å². The van der Waals surface area contributed by atoms with Crippen LogP contribution in [0.1, 0.15) is 75.6 Å². The van der Waals surface area contributed by atoms with Crippen LogP contribution in [0.2, 0.25) is 0 Å². The van der Waals surface area contributed by atoms with Gasteiger partial charge in [-0.25, -0.2) is 0 Å². The number of anilines is 3. The van der Waals surface area contributed by atoms with Crippen LogP contribution in [0.5, 0.6) is 0 Å². The van der Waals surface area contributed by atoms with Gasteiger partial charge in [0.15, 0.2) is 0 Å². The van der Waals surface area contributed by atoms with Crippen molar-refractivity contribution < 1.29 is 0 Å². The van der Waals surface area contributed by atoms with Crippen LogP contribution in [-0.4, -0.2) is 0 Å². The summed E-state index contributed by atoms with van der Waals surface area (Å²) in [4.78, 5) is 2.57. The molecule has 4 aliphatic carbocycles. The highest BCUT2D eigenvalue weighted by Crippen LogP contribution is 2.65. The molecule has 0 aromatic heterocycles. The van der Waals surface area contributed by atoms with Crippen LogP contribution in [0.4, 0.5) is 17.1 Å². The van der Waals surface area contributed by atoms with E-state index in [9.17, 15) is 0 Å². The highest BCUT2D eigenvalue weighted by Gasteiger charge is 2.56. The highest BCUT2D eigenvalue weighted by molar-refractivity contribution is 5.92. The maximum Gasteiger partial charge on any atom is 0.0540 e. The van der Waals surface area contributed by atoms with Gasteiger partial charge in [0.2, 0.25) is 0 Å². The Bertz CT molecular complexity index is 2310. The molecule has 0 aliphatic heterocycles. The summed E-state index contributed by atoms with van der Waals surface area (Å²) in [5.74, 6) is 2.89. The fraction of sp³-hybridized carbons (Fsp3) is 0.280. The first-order valence-corrected chi connectivity index (χ1v) is 19.3. The van der Waals surface area contributed by atoms with Gasteiger partial charge in [0.05, 0.1) is 5.69 Å². The molecule has 0 saturated heterocycles. The zero-order valence-corrected chi connectivity index (χ0v) is 30.4. The number of hydrogen-bond acceptors (Lipinski definition) is 1. The molecule has 0 N–H and O–H groups in total. The van der Waals surface area contributed by atoms with E-state index in [0.717, 1.165) is 11.8 Å². The third-order valence-electron chi connectivity index (χ3n) is 13.6. The number of rotatable bonds is 4. The summed E-state index contributed by atoms with van der Waals surface area (Å²) in [6, 6.07) is 53.1. The lowest BCUT2D eigenvalue weighted by molar-refractivity contribution is 0.0426. The average molecular weight is 662 g/mol. The Labute approximate surface area is 304 Å². The molecule has 0 amide bonds. The van der Waals surface area contributed by atoms with Crippen molar-refractivity contribution in [3.63, 3.8) is 0 Å². The van der Waals surface area contributed by atoms with Gasteiger partial charge >= 0.3 is 0 Å². The topological polar surface area (TPSA) is 3.24 Å². The summed E-state index contributed by atoms with van der Waals surface area (Å²) in [7, 11) is 0. The quantitative estimate of drug-likeness (QED) is 0.182. The second kappa shape index (κ2) is 11.3. The number of fused-ring (bicyclic) bond motifs is 11. The lowest BCUT2D eigenvalue weighted by Crippen LogP contribution is -2.49. The third kappa shape index (κ3) is 4.40. The van der Waals surface area contributed by atoms with Crippen molar-refractivity contribution in [3.8, 4) is 33.4 Å². The second-order valence-corrected chi connectivity index (χ2v) is 16.8. The number of nitrogens with zero attached hydrogens (tertiary/aromatic N) is 1. The van der Waals surface area contributed by atoms with Gasteiger partial charge < -0.3 is 4.90 Å². The van der Waals surface area contributed by atoms with Gasteiger partial charge in [0, 0.05) is 27.8 Å². The first-order valence-electron chi connectivity index (χ1n) is 19.3. The van der Waals surface area contributed by atoms with E-state index in [1.54, 1.807) is 11.1 Å². The summed E-state index contributed by atoms with van der Waals surface area (Å²) in [6.07, 6.45) is 5.39.